The molecular weight excluding hydrogens is 458 g/mol. The fourth-order valence-electron chi connectivity index (χ4n) is 4.83. The number of urea groups is 1. The number of rotatable bonds is 5. The van der Waals surface area contributed by atoms with Gasteiger partial charge < -0.3 is 14.8 Å². The van der Waals surface area contributed by atoms with Gasteiger partial charge in [-0.25, -0.2) is 18.5 Å². The maximum Gasteiger partial charge on any atom is 0.420 e. The smallest absolute Gasteiger partial charge is 0.420 e. The lowest BCUT2D eigenvalue weighted by atomic mass is 9.99. The Kier molecular flexibility index (Phi) is 6.63. The Morgan fingerprint density at radius 1 is 1.09 bits per heavy atom. The molecule has 186 valence electrons. The molecule has 1 unspecified atom stereocenters. The number of nitrogens with one attached hydrogen (secondary N) is 2. The van der Waals surface area contributed by atoms with Crippen molar-refractivity contribution >= 4 is 33.7 Å². The number of anilines is 1. The third-order valence-electron chi connectivity index (χ3n) is 6.28. The van der Waals surface area contributed by atoms with Gasteiger partial charge in [-0.15, -0.1) is 4.36 Å². The molecule has 1 aromatic carbocycles. The van der Waals surface area contributed by atoms with Crippen molar-refractivity contribution in [3.8, 4) is 0 Å². The van der Waals surface area contributed by atoms with Crippen LogP contribution in [0, 0.1) is 5.92 Å². The molecule has 0 heterocycles. The zero-order chi connectivity index (χ0) is 24.7. The summed E-state index contributed by atoms with van der Waals surface area (Å²) in [4.78, 5) is 37.7. The molecule has 1 saturated carbocycles. The lowest BCUT2D eigenvalue weighted by molar-refractivity contribution is -0.144. The normalized spacial score (nSPS) is 22.1. The molecule has 10 heteroatoms. The quantitative estimate of drug-likeness (QED) is 0.599. The summed E-state index contributed by atoms with van der Waals surface area (Å²) in [5.74, 6) is -1.20. The van der Waals surface area contributed by atoms with Crippen LogP contribution in [-0.4, -0.2) is 39.8 Å². The number of benzene rings is 1. The van der Waals surface area contributed by atoms with Crippen LogP contribution < -0.4 is 10.0 Å². The lowest BCUT2D eigenvalue weighted by Crippen LogP contribution is -2.39. The second-order valence-electron chi connectivity index (χ2n) is 10.1. The van der Waals surface area contributed by atoms with E-state index in [1.165, 1.54) is 11.1 Å². The van der Waals surface area contributed by atoms with Crippen molar-refractivity contribution in [3.63, 3.8) is 0 Å². The number of nitrogens with zero attached hydrogens (tertiary/aromatic N) is 1. The molecule has 4 rings (SSSR count). The van der Waals surface area contributed by atoms with E-state index in [2.05, 4.69) is 20.5 Å². The van der Waals surface area contributed by atoms with Crippen molar-refractivity contribution in [2.24, 2.45) is 10.3 Å². The number of fused-ring (bicyclic) bond motifs is 2. The lowest BCUT2D eigenvalue weighted by Gasteiger charge is -2.21. The van der Waals surface area contributed by atoms with Gasteiger partial charge in [0.25, 0.3) is 0 Å². The van der Waals surface area contributed by atoms with E-state index in [1.807, 2.05) is 0 Å². The highest BCUT2D eigenvalue weighted by Gasteiger charge is 2.52. The molecule has 1 fully saturated rings. The van der Waals surface area contributed by atoms with Crippen molar-refractivity contribution < 1.29 is 28.1 Å². The predicted molar refractivity (Wildman–Crippen MR) is 128 cm³/mol. The van der Waals surface area contributed by atoms with Crippen LogP contribution >= 0.6 is 0 Å². The molecule has 34 heavy (non-hydrogen) atoms. The van der Waals surface area contributed by atoms with E-state index in [0.717, 1.165) is 55.3 Å². The highest BCUT2D eigenvalue weighted by atomic mass is 32.2. The summed E-state index contributed by atoms with van der Waals surface area (Å²) in [5.41, 5.74) is 4.66. The monoisotopic (exact) mass is 491 g/mol. The second kappa shape index (κ2) is 9.20. The zero-order valence-electron chi connectivity index (χ0n) is 20.2. The number of carbonyl (C=O) groups excluding carboxylic acids is 3. The second-order valence-corrected chi connectivity index (χ2v) is 12.2. The van der Waals surface area contributed by atoms with Crippen molar-refractivity contribution in [1.29, 1.82) is 0 Å². The van der Waals surface area contributed by atoms with Gasteiger partial charge >= 0.3 is 18.1 Å². The van der Waals surface area contributed by atoms with Gasteiger partial charge in [-0.1, -0.05) is 6.07 Å². The summed E-state index contributed by atoms with van der Waals surface area (Å²) in [6.45, 7) is 6.89. The topological polar surface area (TPSA) is 123 Å². The number of ether oxygens (including phenoxy) is 2. The largest absolute Gasteiger partial charge is 0.466 e. The molecule has 0 saturated heterocycles. The first-order valence-corrected chi connectivity index (χ1v) is 13.5. The van der Waals surface area contributed by atoms with Crippen LogP contribution in [0.5, 0.6) is 0 Å². The Labute approximate surface area is 200 Å². The molecule has 0 aliphatic heterocycles. The summed E-state index contributed by atoms with van der Waals surface area (Å²) in [7, 11) is -3.64. The Balaban J connectivity index is 1.62. The average Bonchev–Trinajstić information content (AvgIpc) is 3.17. The van der Waals surface area contributed by atoms with E-state index in [0.29, 0.717) is 0 Å². The van der Waals surface area contributed by atoms with E-state index in [4.69, 9.17) is 9.47 Å². The maximum atomic E-state index is 13.8. The molecule has 3 aliphatic carbocycles. The van der Waals surface area contributed by atoms with Crippen LogP contribution in [-0.2, 0) is 49.9 Å². The van der Waals surface area contributed by atoms with Gasteiger partial charge in [-0.3, -0.25) is 4.79 Å². The van der Waals surface area contributed by atoms with E-state index in [9.17, 15) is 18.6 Å². The van der Waals surface area contributed by atoms with Gasteiger partial charge in [0, 0.05) is 5.69 Å². The van der Waals surface area contributed by atoms with E-state index < -0.39 is 44.8 Å². The molecule has 2 N–H and O–H groups in total. The molecular formula is C24H33N3O6S. The Morgan fingerprint density at radius 3 is 2.26 bits per heavy atom. The molecule has 3 aliphatic rings. The standard InChI is InChI=1S/C24H33N3O6S/c1-5-32-21(28)18-13-19(18)34(31,27-23(30)33-24(2,3)4)26-22(29)25-20-16-10-6-8-14(16)12-15-9-7-11-17(15)20/h12,18-19H,5-11,13H2,1-4H3,(H2,25,26,27,29,30,31)/t18-,19-,34?/m1/s1. The molecule has 3 amide bonds. The van der Waals surface area contributed by atoms with Crippen molar-refractivity contribution in [2.75, 3.05) is 11.9 Å². The Hall–Kier alpha value is -2.62. The third-order valence-corrected chi connectivity index (χ3v) is 8.52. The average molecular weight is 492 g/mol. The van der Waals surface area contributed by atoms with Gasteiger partial charge in [-0.2, -0.15) is 0 Å². The molecule has 9 nitrogen and oxygen atoms in total. The molecule has 0 bridgehead atoms. The highest BCUT2D eigenvalue weighted by Crippen LogP contribution is 2.40. The minimum absolute atomic E-state index is 0.185. The first kappa shape index (κ1) is 24.5. The molecule has 0 radical (unpaired) electrons. The van der Waals surface area contributed by atoms with E-state index >= 15 is 0 Å². The number of amides is 3. The van der Waals surface area contributed by atoms with Crippen molar-refractivity contribution in [2.45, 2.75) is 83.5 Å². The summed E-state index contributed by atoms with van der Waals surface area (Å²) in [6.07, 6.45) is 5.00. The minimum Gasteiger partial charge on any atom is -0.466 e. The van der Waals surface area contributed by atoms with Gasteiger partial charge in [0.15, 0.2) is 0 Å². The van der Waals surface area contributed by atoms with Crippen LogP contribution in [0.15, 0.2) is 10.4 Å². The van der Waals surface area contributed by atoms with Crippen LogP contribution in [0.1, 0.15) is 69.2 Å². The SMILES string of the molecule is CCOC(=O)[C@@H]1C[C@H]1S(=O)(=NC(=O)Nc1c2c(cc3c1CCC3)CCC2)NC(=O)OC(C)(C)C. The highest BCUT2D eigenvalue weighted by molar-refractivity contribution is 7.93. The summed E-state index contributed by atoms with van der Waals surface area (Å²) >= 11 is 0. The van der Waals surface area contributed by atoms with E-state index in [-0.39, 0.29) is 13.0 Å². The van der Waals surface area contributed by atoms with Crippen molar-refractivity contribution in [3.05, 3.63) is 28.3 Å². The van der Waals surface area contributed by atoms with Gasteiger partial charge in [0.2, 0.25) is 0 Å². The number of esters is 1. The van der Waals surface area contributed by atoms with Gasteiger partial charge in [0.1, 0.15) is 15.5 Å². The van der Waals surface area contributed by atoms with E-state index in [1.54, 1.807) is 27.7 Å². The molecule has 0 aromatic heterocycles. The first-order valence-electron chi connectivity index (χ1n) is 11.9. The third kappa shape index (κ3) is 5.21. The Bertz CT molecular complexity index is 1110. The minimum atomic E-state index is -3.64. The fourth-order valence-corrected chi connectivity index (χ4v) is 6.76. The van der Waals surface area contributed by atoms with Crippen LogP contribution in [0.25, 0.3) is 0 Å². The van der Waals surface area contributed by atoms with Crippen LogP contribution in [0.3, 0.4) is 0 Å². The van der Waals surface area contributed by atoms with Gasteiger partial charge in [-0.05, 0) is 94.9 Å². The number of hydrogen-bond donors (Lipinski definition) is 2. The first-order chi connectivity index (χ1) is 16.0. The predicted octanol–water partition coefficient (Wildman–Crippen LogP) is 4.06. The maximum absolute atomic E-state index is 13.8. The summed E-state index contributed by atoms with van der Waals surface area (Å²) in [5, 5.41) is 2.06. The molecule has 3 atom stereocenters. The Morgan fingerprint density at radius 2 is 1.71 bits per heavy atom. The van der Waals surface area contributed by atoms with Gasteiger partial charge in [0.05, 0.1) is 17.8 Å². The number of aryl methyl sites for hydroxylation is 2. The summed E-state index contributed by atoms with van der Waals surface area (Å²) in [6, 6.07) is 1.45. The molecule has 0 spiro atoms. The number of carbonyl (C=O) groups is 3. The zero-order valence-corrected chi connectivity index (χ0v) is 21.0. The summed E-state index contributed by atoms with van der Waals surface area (Å²) < 4.78 is 30.3. The fraction of sp³-hybridized carbons (Fsp3) is 0.625. The molecule has 1 aromatic rings. The van der Waals surface area contributed by atoms with Crippen molar-refractivity contribution in [1.82, 2.24) is 4.72 Å². The van der Waals surface area contributed by atoms with Crippen LogP contribution in [0.4, 0.5) is 15.3 Å². The number of hydrogen-bond acceptors (Lipinski definition) is 6. The van der Waals surface area contributed by atoms with Crippen LogP contribution in [0.2, 0.25) is 0 Å².